The van der Waals surface area contributed by atoms with Crippen LogP contribution in [0.2, 0.25) is 0 Å². The van der Waals surface area contributed by atoms with Gasteiger partial charge in [0.25, 0.3) is 0 Å². The fourth-order valence-corrected chi connectivity index (χ4v) is 13.2. The molecule has 0 aliphatic heterocycles. The Morgan fingerprint density at radius 3 is 1.78 bits per heavy atom. The summed E-state index contributed by atoms with van der Waals surface area (Å²) in [6.45, 7) is 2.39. The van der Waals surface area contributed by atoms with E-state index in [9.17, 15) is 0 Å². The van der Waals surface area contributed by atoms with Gasteiger partial charge in [-0.15, -0.1) is 0 Å². The van der Waals surface area contributed by atoms with Crippen molar-refractivity contribution in [1.82, 2.24) is 0 Å². The first-order chi connectivity index (χ1) is 11.4. The third-order valence-electron chi connectivity index (χ3n) is 6.92. The zero-order chi connectivity index (χ0) is 16.0. The fraction of sp³-hybridized carbons (Fsp3) is 0.727. The first kappa shape index (κ1) is 17.5. The number of hydrogen-bond acceptors (Lipinski definition) is 0. The Kier molecular flexibility index (Phi) is 6.58. The molecule has 0 amide bonds. The monoisotopic (exact) mass is 332 g/mol. The van der Waals surface area contributed by atoms with Crippen molar-refractivity contribution >= 4 is 12.6 Å². The normalized spacial score (nSPS) is 22.1. The van der Waals surface area contributed by atoms with Gasteiger partial charge in [0.2, 0.25) is 0 Å². The Bertz CT molecular complexity index is 422. The molecular weight excluding hydrogens is 295 g/mol. The van der Waals surface area contributed by atoms with Gasteiger partial charge in [0.05, 0.1) is 0 Å². The molecule has 1 aromatic carbocycles. The number of hydrogen-bond donors (Lipinski definition) is 0. The van der Waals surface area contributed by atoms with Crippen molar-refractivity contribution in [2.45, 2.75) is 95.3 Å². The van der Waals surface area contributed by atoms with E-state index < -0.39 is 7.26 Å². The predicted molar refractivity (Wildman–Crippen MR) is 108 cm³/mol. The van der Waals surface area contributed by atoms with Crippen LogP contribution in [-0.2, 0) is 0 Å². The average molecular weight is 333 g/mol. The Balaban J connectivity index is 1.99. The van der Waals surface area contributed by atoms with Crippen molar-refractivity contribution in [3.05, 3.63) is 30.3 Å². The standard InChI is InChI=1S/C22H37P/c1-2-3-19-23(20-13-7-4-8-14-20,21-15-9-5-10-16-21)22-17-11-6-12-18-22/h4,7-8,13-14,21-23H,2-3,5-6,9-12,15-19H2,1H3. The van der Waals surface area contributed by atoms with Crippen LogP contribution >= 0.6 is 7.26 Å². The van der Waals surface area contributed by atoms with Gasteiger partial charge in [-0.1, -0.05) is 0 Å². The minimum atomic E-state index is -1.39. The van der Waals surface area contributed by atoms with Crippen LogP contribution in [0.4, 0.5) is 0 Å². The van der Waals surface area contributed by atoms with E-state index in [4.69, 9.17) is 0 Å². The van der Waals surface area contributed by atoms with E-state index in [1.807, 2.05) is 5.30 Å². The first-order valence-corrected chi connectivity index (χ1v) is 12.8. The van der Waals surface area contributed by atoms with Crippen LogP contribution in [0, 0.1) is 0 Å². The van der Waals surface area contributed by atoms with E-state index >= 15 is 0 Å². The second-order valence-corrected chi connectivity index (χ2v) is 13.0. The molecule has 23 heavy (non-hydrogen) atoms. The second kappa shape index (κ2) is 8.66. The van der Waals surface area contributed by atoms with Crippen molar-refractivity contribution in [3.63, 3.8) is 0 Å². The van der Waals surface area contributed by atoms with Crippen LogP contribution in [0.1, 0.15) is 84.0 Å². The van der Waals surface area contributed by atoms with Crippen molar-refractivity contribution in [1.29, 1.82) is 0 Å². The van der Waals surface area contributed by atoms with Gasteiger partial charge in [0, 0.05) is 0 Å². The fourth-order valence-electron chi connectivity index (χ4n) is 5.81. The summed E-state index contributed by atoms with van der Waals surface area (Å²) in [4.78, 5) is 0. The SMILES string of the molecule is CCCC[PH](c1ccccc1)(C1CCCCC1)C1CCCCC1. The molecular formula is C22H37P. The Morgan fingerprint density at radius 2 is 1.30 bits per heavy atom. The van der Waals surface area contributed by atoms with Crippen LogP contribution in [0.25, 0.3) is 0 Å². The molecule has 1 aromatic rings. The van der Waals surface area contributed by atoms with Crippen LogP contribution in [0.5, 0.6) is 0 Å². The minimum absolute atomic E-state index is 1.08. The van der Waals surface area contributed by atoms with E-state index in [1.165, 1.54) is 51.4 Å². The van der Waals surface area contributed by atoms with Gasteiger partial charge in [-0.25, -0.2) is 0 Å². The molecule has 2 saturated carbocycles. The number of rotatable bonds is 6. The number of benzene rings is 1. The third-order valence-corrected chi connectivity index (χ3v) is 13.6. The quantitative estimate of drug-likeness (QED) is 0.520. The zero-order valence-corrected chi connectivity index (χ0v) is 16.2. The van der Waals surface area contributed by atoms with Crippen molar-refractivity contribution in [3.8, 4) is 0 Å². The first-order valence-electron chi connectivity index (χ1n) is 10.4. The van der Waals surface area contributed by atoms with Gasteiger partial charge in [-0.3, -0.25) is 0 Å². The van der Waals surface area contributed by atoms with Gasteiger partial charge < -0.3 is 0 Å². The summed E-state index contributed by atoms with van der Waals surface area (Å²) in [6, 6.07) is 11.9. The van der Waals surface area contributed by atoms with E-state index in [-0.39, 0.29) is 0 Å². The molecule has 2 fully saturated rings. The summed E-state index contributed by atoms with van der Waals surface area (Å²) in [7, 11) is -1.39. The van der Waals surface area contributed by atoms with E-state index in [0.29, 0.717) is 0 Å². The third kappa shape index (κ3) is 3.84. The molecule has 0 heterocycles. The average Bonchev–Trinajstić information content (AvgIpc) is 2.65. The van der Waals surface area contributed by atoms with E-state index in [1.54, 1.807) is 31.8 Å². The molecule has 0 aromatic heterocycles. The maximum absolute atomic E-state index is 2.53. The molecule has 0 N–H and O–H groups in total. The molecule has 0 unspecified atom stereocenters. The zero-order valence-electron chi connectivity index (χ0n) is 15.2. The van der Waals surface area contributed by atoms with Gasteiger partial charge in [-0.05, 0) is 0 Å². The van der Waals surface area contributed by atoms with Crippen LogP contribution in [0.3, 0.4) is 0 Å². The van der Waals surface area contributed by atoms with Gasteiger partial charge >= 0.3 is 144 Å². The molecule has 0 atom stereocenters. The van der Waals surface area contributed by atoms with Crippen LogP contribution in [0.15, 0.2) is 30.3 Å². The van der Waals surface area contributed by atoms with Crippen molar-refractivity contribution in [2.24, 2.45) is 0 Å². The predicted octanol–water partition coefficient (Wildman–Crippen LogP) is 6.53. The second-order valence-electron chi connectivity index (χ2n) is 8.18. The summed E-state index contributed by atoms with van der Waals surface area (Å²) in [5.41, 5.74) is 2.15. The van der Waals surface area contributed by atoms with E-state index in [0.717, 1.165) is 11.3 Å². The molecule has 3 rings (SSSR count). The Labute approximate surface area is 144 Å². The summed E-state index contributed by atoms with van der Waals surface area (Å²) in [5, 5.41) is 1.83. The molecule has 0 nitrogen and oxygen atoms in total. The molecule has 0 saturated heterocycles. The summed E-state index contributed by atoms with van der Waals surface area (Å²) in [6.07, 6.45) is 19.6. The molecule has 2 aliphatic carbocycles. The maximum atomic E-state index is 2.53. The van der Waals surface area contributed by atoms with Gasteiger partial charge in [-0.2, -0.15) is 0 Å². The summed E-state index contributed by atoms with van der Waals surface area (Å²) in [5.74, 6) is 0. The van der Waals surface area contributed by atoms with Crippen molar-refractivity contribution < 1.29 is 0 Å². The molecule has 2 aliphatic rings. The van der Waals surface area contributed by atoms with Crippen LogP contribution < -0.4 is 5.30 Å². The Morgan fingerprint density at radius 1 is 0.783 bits per heavy atom. The summed E-state index contributed by atoms with van der Waals surface area (Å²) >= 11 is 0. The van der Waals surface area contributed by atoms with Crippen LogP contribution in [-0.4, -0.2) is 17.5 Å². The molecule has 0 radical (unpaired) electrons. The number of unbranched alkanes of at least 4 members (excludes halogenated alkanes) is 1. The van der Waals surface area contributed by atoms with Gasteiger partial charge in [0.15, 0.2) is 0 Å². The topological polar surface area (TPSA) is 0 Å². The molecule has 0 spiro atoms. The van der Waals surface area contributed by atoms with E-state index in [2.05, 4.69) is 37.3 Å². The summed E-state index contributed by atoms with van der Waals surface area (Å²) < 4.78 is 0. The van der Waals surface area contributed by atoms with Gasteiger partial charge in [0.1, 0.15) is 0 Å². The molecule has 0 bridgehead atoms. The molecule has 1 heteroatoms. The molecule has 130 valence electrons. The van der Waals surface area contributed by atoms with Crippen molar-refractivity contribution in [2.75, 3.05) is 6.16 Å². The Hall–Kier alpha value is -0.350.